The fraction of sp³-hybridized carbons (Fsp3) is 1.00. The quantitative estimate of drug-likeness (QED) is 0.795. The van der Waals surface area contributed by atoms with Crippen LogP contribution >= 0.6 is 0 Å². The largest absolute Gasteiger partial charge is 0.392 e. The summed E-state index contributed by atoms with van der Waals surface area (Å²) in [7, 11) is 0. The van der Waals surface area contributed by atoms with Crippen LogP contribution in [0.3, 0.4) is 0 Å². The third kappa shape index (κ3) is 2.85. The van der Waals surface area contributed by atoms with Crippen LogP contribution in [0.1, 0.15) is 64.7 Å². The Bertz CT molecular complexity index is 237. The molecule has 0 saturated heterocycles. The minimum atomic E-state index is -0.143. The van der Waals surface area contributed by atoms with E-state index in [0.717, 1.165) is 18.8 Å². The lowest BCUT2D eigenvalue weighted by Gasteiger charge is -2.46. The molecule has 100 valence electrons. The maximum Gasteiger partial charge on any atom is 0.0636 e. The lowest BCUT2D eigenvalue weighted by Crippen LogP contribution is -2.48. The van der Waals surface area contributed by atoms with Crippen LogP contribution in [0.15, 0.2) is 0 Å². The van der Waals surface area contributed by atoms with Crippen LogP contribution in [-0.2, 0) is 0 Å². The van der Waals surface area contributed by atoms with Crippen LogP contribution in [0.4, 0.5) is 0 Å². The SMILES string of the molecule is CC1CCCC(CN)(C(O)C2CCCCC2)C1. The number of rotatable bonds is 3. The molecular weight excluding hydrogens is 210 g/mol. The highest BCUT2D eigenvalue weighted by molar-refractivity contribution is 4.95. The summed E-state index contributed by atoms with van der Waals surface area (Å²) in [4.78, 5) is 0. The van der Waals surface area contributed by atoms with Gasteiger partial charge in [-0.2, -0.15) is 0 Å². The van der Waals surface area contributed by atoms with Crippen LogP contribution in [-0.4, -0.2) is 17.8 Å². The number of nitrogens with two attached hydrogens (primary N) is 1. The Hall–Kier alpha value is -0.0800. The lowest BCUT2D eigenvalue weighted by molar-refractivity contribution is -0.0560. The molecule has 2 rings (SSSR count). The minimum absolute atomic E-state index is 0.0413. The first-order chi connectivity index (χ1) is 8.18. The van der Waals surface area contributed by atoms with Gasteiger partial charge in [0.25, 0.3) is 0 Å². The molecule has 2 nitrogen and oxygen atoms in total. The van der Waals surface area contributed by atoms with Crippen molar-refractivity contribution in [3.05, 3.63) is 0 Å². The van der Waals surface area contributed by atoms with Gasteiger partial charge in [-0.25, -0.2) is 0 Å². The Labute approximate surface area is 106 Å². The average molecular weight is 239 g/mol. The van der Waals surface area contributed by atoms with E-state index in [1.54, 1.807) is 0 Å². The lowest BCUT2D eigenvalue weighted by atomic mass is 9.62. The molecule has 0 heterocycles. The van der Waals surface area contributed by atoms with Gasteiger partial charge >= 0.3 is 0 Å². The number of aliphatic hydroxyl groups excluding tert-OH is 1. The van der Waals surface area contributed by atoms with Gasteiger partial charge in [0.05, 0.1) is 6.10 Å². The molecule has 0 radical (unpaired) electrons. The zero-order valence-electron chi connectivity index (χ0n) is 11.3. The maximum atomic E-state index is 10.8. The second-order valence-electron chi connectivity index (χ2n) is 6.61. The van der Waals surface area contributed by atoms with Crippen molar-refractivity contribution in [1.29, 1.82) is 0 Å². The summed E-state index contributed by atoms with van der Waals surface area (Å²) in [6.07, 6.45) is 11.1. The maximum absolute atomic E-state index is 10.8. The molecule has 2 saturated carbocycles. The summed E-state index contributed by atoms with van der Waals surface area (Å²) < 4.78 is 0. The second-order valence-corrected chi connectivity index (χ2v) is 6.61. The topological polar surface area (TPSA) is 46.2 Å². The van der Waals surface area contributed by atoms with Gasteiger partial charge in [0, 0.05) is 12.0 Å². The highest BCUT2D eigenvalue weighted by Crippen LogP contribution is 2.45. The molecular formula is C15H29NO. The fourth-order valence-electron chi connectivity index (χ4n) is 4.23. The predicted octanol–water partition coefficient (Wildman–Crippen LogP) is 3.08. The molecule has 0 amide bonds. The van der Waals surface area contributed by atoms with Crippen molar-refractivity contribution in [2.24, 2.45) is 23.0 Å². The molecule has 0 aliphatic heterocycles. The summed E-state index contributed by atoms with van der Waals surface area (Å²) in [5, 5.41) is 10.8. The molecule has 0 spiro atoms. The van der Waals surface area contributed by atoms with Gasteiger partial charge in [-0.1, -0.05) is 39.0 Å². The van der Waals surface area contributed by atoms with Crippen molar-refractivity contribution in [2.75, 3.05) is 6.54 Å². The van der Waals surface area contributed by atoms with Crippen molar-refractivity contribution >= 4 is 0 Å². The molecule has 0 aromatic heterocycles. The first kappa shape index (κ1) is 13.4. The van der Waals surface area contributed by atoms with Crippen LogP contribution in [0, 0.1) is 17.3 Å². The molecule has 2 heteroatoms. The summed E-state index contributed by atoms with van der Waals surface area (Å²) >= 11 is 0. The third-order valence-corrected chi connectivity index (χ3v) is 5.26. The molecule has 2 fully saturated rings. The molecule has 17 heavy (non-hydrogen) atoms. The van der Waals surface area contributed by atoms with E-state index in [9.17, 15) is 5.11 Å². The Kier molecular flexibility index (Phi) is 4.48. The average Bonchev–Trinajstić information content (AvgIpc) is 2.38. The summed E-state index contributed by atoms with van der Waals surface area (Å²) in [5.41, 5.74) is 6.09. The van der Waals surface area contributed by atoms with Crippen LogP contribution < -0.4 is 5.73 Å². The van der Waals surface area contributed by atoms with E-state index in [1.807, 2.05) is 0 Å². The summed E-state index contributed by atoms with van der Waals surface area (Å²) in [6, 6.07) is 0. The standard InChI is InChI=1S/C15H29NO/c1-12-6-5-9-15(10-12,11-16)14(17)13-7-3-2-4-8-13/h12-14,17H,2-11,16H2,1H3. The van der Waals surface area contributed by atoms with Gasteiger partial charge in [-0.3, -0.25) is 0 Å². The molecule has 2 aliphatic rings. The Morgan fingerprint density at radius 1 is 1.18 bits per heavy atom. The third-order valence-electron chi connectivity index (χ3n) is 5.26. The number of hydrogen-bond donors (Lipinski definition) is 2. The van der Waals surface area contributed by atoms with E-state index in [4.69, 9.17) is 5.73 Å². The molecule has 3 unspecified atom stereocenters. The molecule has 3 N–H and O–H groups in total. The first-order valence-corrected chi connectivity index (χ1v) is 7.56. The van der Waals surface area contributed by atoms with Crippen LogP contribution in [0.5, 0.6) is 0 Å². The Balaban J connectivity index is 2.04. The van der Waals surface area contributed by atoms with Crippen molar-refractivity contribution in [2.45, 2.75) is 70.8 Å². The normalized spacial score (nSPS) is 37.9. The van der Waals surface area contributed by atoms with Gasteiger partial charge in [0.15, 0.2) is 0 Å². The number of hydrogen-bond acceptors (Lipinski definition) is 2. The monoisotopic (exact) mass is 239 g/mol. The van der Waals surface area contributed by atoms with Crippen molar-refractivity contribution in [3.8, 4) is 0 Å². The van der Waals surface area contributed by atoms with Gasteiger partial charge in [0.1, 0.15) is 0 Å². The smallest absolute Gasteiger partial charge is 0.0636 e. The Morgan fingerprint density at radius 3 is 2.47 bits per heavy atom. The summed E-state index contributed by atoms with van der Waals surface area (Å²) in [5.74, 6) is 1.27. The van der Waals surface area contributed by atoms with Gasteiger partial charge < -0.3 is 10.8 Å². The molecule has 0 aromatic rings. The Morgan fingerprint density at radius 2 is 1.88 bits per heavy atom. The van der Waals surface area contributed by atoms with Crippen molar-refractivity contribution in [1.82, 2.24) is 0 Å². The first-order valence-electron chi connectivity index (χ1n) is 7.56. The van der Waals surface area contributed by atoms with Crippen molar-refractivity contribution in [3.63, 3.8) is 0 Å². The van der Waals surface area contributed by atoms with Crippen LogP contribution in [0.25, 0.3) is 0 Å². The van der Waals surface area contributed by atoms with Gasteiger partial charge in [-0.05, 0) is 37.5 Å². The predicted molar refractivity (Wildman–Crippen MR) is 71.7 cm³/mol. The fourth-order valence-corrected chi connectivity index (χ4v) is 4.23. The highest BCUT2D eigenvalue weighted by Gasteiger charge is 2.43. The van der Waals surface area contributed by atoms with E-state index in [2.05, 4.69) is 6.92 Å². The van der Waals surface area contributed by atoms with Gasteiger partial charge in [-0.15, -0.1) is 0 Å². The molecule has 3 atom stereocenters. The zero-order valence-corrected chi connectivity index (χ0v) is 11.3. The van der Waals surface area contributed by atoms with E-state index < -0.39 is 0 Å². The summed E-state index contributed by atoms with van der Waals surface area (Å²) in [6.45, 7) is 2.99. The number of aliphatic hydroxyl groups is 1. The van der Waals surface area contributed by atoms with Crippen molar-refractivity contribution < 1.29 is 5.11 Å². The molecule has 0 aromatic carbocycles. The van der Waals surface area contributed by atoms with Crippen LogP contribution in [0.2, 0.25) is 0 Å². The second kappa shape index (κ2) is 5.71. The highest BCUT2D eigenvalue weighted by atomic mass is 16.3. The van der Waals surface area contributed by atoms with E-state index >= 15 is 0 Å². The molecule has 2 aliphatic carbocycles. The van der Waals surface area contributed by atoms with E-state index in [1.165, 1.54) is 44.9 Å². The van der Waals surface area contributed by atoms with E-state index in [0.29, 0.717) is 12.5 Å². The minimum Gasteiger partial charge on any atom is -0.392 e. The molecule has 0 bridgehead atoms. The van der Waals surface area contributed by atoms with Gasteiger partial charge in [0.2, 0.25) is 0 Å². The van der Waals surface area contributed by atoms with E-state index in [-0.39, 0.29) is 11.5 Å². The zero-order chi connectivity index (χ0) is 12.3.